The van der Waals surface area contributed by atoms with Gasteiger partial charge < -0.3 is 14.8 Å². The zero-order valence-corrected chi connectivity index (χ0v) is 13.9. The molecule has 1 aliphatic heterocycles. The molecule has 3 aromatic rings. The molecule has 4 nitrogen and oxygen atoms in total. The van der Waals surface area contributed by atoms with Gasteiger partial charge in [-0.15, -0.1) is 0 Å². The van der Waals surface area contributed by atoms with Gasteiger partial charge in [0.15, 0.2) is 0 Å². The summed E-state index contributed by atoms with van der Waals surface area (Å²) in [5, 5.41) is 2.64. The fourth-order valence-corrected chi connectivity index (χ4v) is 3.35. The molecule has 4 rings (SSSR count). The number of hydrogen-bond donors (Lipinski definition) is 1. The van der Waals surface area contributed by atoms with Crippen molar-refractivity contribution in [1.82, 2.24) is 9.47 Å². The number of para-hydroxylation sites is 1. The zero-order chi connectivity index (χ0) is 18.1. The Labute approximate surface area is 149 Å². The lowest BCUT2D eigenvalue weighted by Gasteiger charge is -2.37. The summed E-state index contributed by atoms with van der Waals surface area (Å²) < 4.78 is 29.3. The van der Waals surface area contributed by atoms with Crippen molar-refractivity contribution in [2.45, 2.75) is 12.6 Å². The number of halogens is 2. The molecule has 2 heterocycles. The normalized spacial score (nSPS) is 16.2. The van der Waals surface area contributed by atoms with E-state index < -0.39 is 11.8 Å². The number of urea groups is 1. The highest BCUT2D eigenvalue weighted by atomic mass is 19.1. The summed E-state index contributed by atoms with van der Waals surface area (Å²) in [5.41, 5.74) is 1.87. The molecule has 26 heavy (non-hydrogen) atoms. The maximum absolute atomic E-state index is 13.9. The maximum Gasteiger partial charge on any atom is 0.322 e. The molecule has 1 N–H and O–H groups in total. The fourth-order valence-electron chi connectivity index (χ4n) is 3.35. The highest BCUT2D eigenvalue weighted by Crippen LogP contribution is 2.33. The number of carbonyl (C=O) groups is 1. The van der Waals surface area contributed by atoms with Crippen LogP contribution in [0.5, 0.6) is 0 Å². The van der Waals surface area contributed by atoms with Gasteiger partial charge in [-0.05, 0) is 42.0 Å². The number of nitrogens with zero attached hydrogens (tertiary/aromatic N) is 2. The predicted octanol–water partition coefficient (Wildman–Crippen LogP) is 4.40. The van der Waals surface area contributed by atoms with Crippen LogP contribution in [0.25, 0.3) is 0 Å². The van der Waals surface area contributed by atoms with Gasteiger partial charge in [0.25, 0.3) is 0 Å². The average Bonchev–Trinajstić information content (AvgIpc) is 3.12. The maximum atomic E-state index is 13.9. The first-order chi connectivity index (χ1) is 12.6. The molecule has 0 saturated carbocycles. The second kappa shape index (κ2) is 6.63. The van der Waals surface area contributed by atoms with E-state index in [1.807, 2.05) is 18.3 Å². The molecule has 0 spiro atoms. The minimum atomic E-state index is -0.487. The SMILES string of the molecule is O=C(Nc1ccccc1F)N1CCn2cccc2[C@H]1c1ccc(F)cc1. The summed E-state index contributed by atoms with van der Waals surface area (Å²) in [5.74, 6) is -0.818. The number of fused-ring (bicyclic) bond motifs is 1. The molecule has 2 aromatic carbocycles. The Hall–Kier alpha value is -3.15. The van der Waals surface area contributed by atoms with Gasteiger partial charge in [-0.1, -0.05) is 24.3 Å². The topological polar surface area (TPSA) is 37.3 Å². The van der Waals surface area contributed by atoms with E-state index in [0.29, 0.717) is 13.1 Å². The molecule has 1 atom stereocenters. The molecule has 1 aromatic heterocycles. The first-order valence-corrected chi connectivity index (χ1v) is 8.36. The summed E-state index contributed by atoms with van der Waals surface area (Å²) in [6.45, 7) is 1.11. The van der Waals surface area contributed by atoms with E-state index in [1.165, 1.54) is 24.3 Å². The Bertz CT molecular complexity index is 936. The van der Waals surface area contributed by atoms with Crippen LogP contribution in [0.2, 0.25) is 0 Å². The first-order valence-electron chi connectivity index (χ1n) is 8.36. The summed E-state index contributed by atoms with van der Waals surface area (Å²) in [4.78, 5) is 14.5. The van der Waals surface area contributed by atoms with Crippen LogP contribution in [0, 0.1) is 11.6 Å². The Morgan fingerprint density at radius 1 is 0.962 bits per heavy atom. The Balaban J connectivity index is 1.68. The van der Waals surface area contributed by atoms with Crippen molar-refractivity contribution in [3.63, 3.8) is 0 Å². The quantitative estimate of drug-likeness (QED) is 0.728. The lowest BCUT2D eigenvalue weighted by molar-refractivity contribution is 0.181. The van der Waals surface area contributed by atoms with Crippen LogP contribution in [-0.2, 0) is 6.54 Å². The van der Waals surface area contributed by atoms with Crippen molar-refractivity contribution in [2.75, 3.05) is 11.9 Å². The monoisotopic (exact) mass is 353 g/mol. The first kappa shape index (κ1) is 16.3. The second-order valence-electron chi connectivity index (χ2n) is 6.18. The van der Waals surface area contributed by atoms with E-state index in [1.54, 1.807) is 29.2 Å². The lowest BCUT2D eigenvalue weighted by Crippen LogP contribution is -2.44. The van der Waals surface area contributed by atoms with Crippen molar-refractivity contribution in [3.05, 3.63) is 89.8 Å². The standard InChI is InChI=1S/C20H17F2N3O/c21-15-9-7-14(8-10-15)19-18-6-3-11-24(18)12-13-25(19)20(26)23-17-5-2-1-4-16(17)22/h1-11,19H,12-13H2,(H,23,26)/t19-/m1/s1. The number of hydrogen-bond acceptors (Lipinski definition) is 1. The van der Waals surface area contributed by atoms with Crippen molar-refractivity contribution in [3.8, 4) is 0 Å². The van der Waals surface area contributed by atoms with Crippen LogP contribution in [0.15, 0.2) is 66.9 Å². The summed E-state index contributed by atoms with van der Waals surface area (Å²) in [6, 6.07) is 15.3. The number of benzene rings is 2. The smallest absolute Gasteiger partial charge is 0.322 e. The number of carbonyl (C=O) groups excluding carboxylic acids is 1. The number of nitrogens with one attached hydrogen (secondary N) is 1. The van der Waals surface area contributed by atoms with E-state index in [9.17, 15) is 13.6 Å². The molecule has 2 amide bonds. The number of anilines is 1. The van der Waals surface area contributed by atoms with Gasteiger partial charge in [-0.2, -0.15) is 0 Å². The zero-order valence-electron chi connectivity index (χ0n) is 13.9. The minimum absolute atomic E-state index is 0.135. The van der Waals surface area contributed by atoms with Crippen molar-refractivity contribution in [1.29, 1.82) is 0 Å². The van der Waals surface area contributed by atoms with E-state index in [2.05, 4.69) is 9.88 Å². The Morgan fingerprint density at radius 3 is 2.50 bits per heavy atom. The third-order valence-electron chi connectivity index (χ3n) is 4.60. The van der Waals surface area contributed by atoms with Crippen LogP contribution in [-0.4, -0.2) is 22.0 Å². The van der Waals surface area contributed by atoms with Gasteiger partial charge in [0.2, 0.25) is 0 Å². The van der Waals surface area contributed by atoms with Gasteiger partial charge >= 0.3 is 6.03 Å². The third kappa shape index (κ3) is 2.94. The second-order valence-corrected chi connectivity index (χ2v) is 6.18. The van der Waals surface area contributed by atoms with Crippen molar-refractivity contribution in [2.24, 2.45) is 0 Å². The van der Waals surface area contributed by atoms with Gasteiger partial charge in [0.05, 0.1) is 11.7 Å². The van der Waals surface area contributed by atoms with E-state index in [0.717, 1.165) is 11.3 Å². The summed E-state index contributed by atoms with van der Waals surface area (Å²) in [6.07, 6.45) is 1.96. The molecular weight excluding hydrogens is 336 g/mol. The fraction of sp³-hybridized carbons (Fsp3) is 0.150. The molecule has 132 valence electrons. The number of rotatable bonds is 2. The van der Waals surface area contributed by atoms with Crippen LogP contribution < -0.4 is 5.32 Å². The third-order valence-corrected chi connectivity index (χ3v) is 4.60. The van der Waals surface area contributed by atoms with Gasteiger partial charge in [0, 0.05) is 25.0 Å². The summed E-state index contributed by atoms with van der Waals surface area (Å²) in [7, 11) is 0. The Kier molecular flexibility index (Phi) is 4.16. The Morgan fingerprint density at radius 2 is 1.73 bits per heavy atom. The lowest BCUT2D eigenvalue weighted by atomic mass is 10.0. The summed E-state index contributed by atoms with van der Waals surface area (Å²) >= 11 is 0. The van der Waals surface area contributed by atoms with E-state index >= 15 is 0 Å². The average molecular weight is 353 g/mol. The molecule has 0 aliphatic carbocycles. The van der Waals surface area contributed by atoms with Crippen molar-refractivity contribution < 1.29 is 13.6 Å². The van der Waals surface area contributed by atoms with Crippen LogP contribution >= 0.6 is 0 Å². The molecule has 0 unspecified atom stereocenters. The van der Waals surface area contributed by atoms with Gasteiger partial charge in [0.1, 0.15) is 11.6 Å². The highest BCUT2D eigenvalue weighted by Gasteiger charge is 2.32. The molecule has 0 radical (unpaired) electrons. The molecular formula is C20H17F2N3O. The van der Waals surface area contributed by atoms with Gasteiger partial charge in [-0.3, -0.25) is 0 Å². The molecule has 0 saturated heterocycles. The molecule has 0 bridgehead atoms. The number of amides is 2. The molecule has 0 fully saturated rings. The number of aromatic nitrogens is 1. The minimum Gasteiger partial charge on any atom is -0.348 e. The van der Waals surface area contributed by atoms with Crippen LogP contribution in [0.1, 0.15) is 17.3 Å². The van der Waals surface area contributed by atoms with Gasteiger partial charge in [-0.25, -0.2) is 13.6 Å². The van der Waals surface area contributed by atoms with Crippen molar-refractivity contribution >= 4 is 11.7 Å². The van der Waals surface area contributed by atoms with Crippen LogP contribution in [0.4, 0.5) is 19.3 Å². The van der Waals surface area contributed by atoms with E-state index in [4.69, 9.17) is 0 Å². The predicted molar refractivity (Wildman–Crippen MR) is 94.8 cm³/mol. The highest BCUT2D eigenvalue weighted by molar-refractivity contribution is 5.90. The van der Waals surface area contributed by atoms with Crippen LogP contribution in [0.3, 0.4) is 0 Å². The molecule has 6 heteroatoms. The van der Waals surface area contributed by atoms with E-state index in [-0.39, 0.29) is 17.5 Å². The molecule has 1 aliphatic rings. The largest absolute Gasteiger partial charge is 0.348 e.